The number of piperazine rings is 1. The van der Waals surface area contributed by atoms with Gasteiger partial charge in [-0.3, -0.25) is 4.90 Å². The zero-order valence-electron chi connectivity index (χ0n) is 12.2. The standard InChI is InChI=1S/C15H24N2O.2ClH/c1-12(2)11-15(17-9-7-16-8-10-17)13-3-5-14(18)6-4-13;;/h3-6,12,15-16,18H,7-11H2,1-2H3;2*1H/t15-;;/m1../s1. The molecular weight excluding hydrogens is 295 g/mol. The first-order valence-electron chi connectivity index (χ1n) is 6.90. The lowest BCUT2D eigenvalue weighted by atomic mass is 9.95. The van der Waals surface area contributed by atoms with E-state index in [1.165, 1.54) is 12.0 Å². The van der Waals surface area contributed by atoms with Crippen LogP contribution in [0.25, 0.3) is 0 Å². The number of hydrogen-bond acceptors (Lipinski definition) is 3. The monoisotopic (exact) mass is 320 g/mol. The minimum absolute atomic E-state index is 0. The minimum atomic E-state index is 0. The van der Waals surface area contributed by atoms with Crippen molar-refractivity contribution in [2.45, 2.75) is 26.3 Å². The molecule has 116 valence electrons. The van der Waals surface area contributed by atoms with Gasteiger partial charge < -0.3 is 10.4 Å². The molecule has 0 bridgehead atoms. The first kappa shape index (κ1) is 19.5. The van der Waals surface area contributed by atoms with Gasteiger partial charge in [0.25, 0.3) is 0 Å². The summed E-state index contributed by atoms with van der Waals surface area (Å²) < 4.78 is 0. The number of hydrogen-bond donors (Lipinski definition) is 2. The Labute approximate surface area is 134 Å². The lowest BCUT2D eigenvalue weighted by molar-refractivity contribution is 0.154. The third-order valence-electron chi connectivity index (χ3n) is 3.56. The van der Waals surface area contributed by atoms with Crippen molar-refractivity contribution in [3.8, 4) is 5.75 Å². The number of rotatable bonds is 4. The Balaban J connectivity index is 0.00000180. The summed E-state index contributed by atoms with van der Waals surface area (Å²) in [6.45, 7) is 8.92. The lowest BCUT2D eigenvalue weighted by Gasteiger charge is -2.36. The molecule has 20 heavy (non-hydrogen) atoms. The van der Waals surface area contributed by atoms with Crippen molar-refractivity contribution in [2.24, 2.45) is 5.92 Å². The van der Waals surface area contributed by atoms with Crippen LogP contribution >= 0.6 is 24.8 Å². The fraction of sp³-hybridized carbons (Fsp3) is 0.600. The summed E-state index contributed by atoms with van der Waals surface area (Å²) >= 11 is 0. The molecule has 1 aromatic carbocycles. The zero-order valence-corrected chi connectivity index (χ0v) is 13.8. The Morgan fingerprint density at radius 2 is 1.65 bits per heavy atom. The molecule has 1 atom stereocenters. The van der Waals surface area contributed by atoms with Gasteiger partial charge in [-0.25, -0.2) is 0 Å². The Morgan fingerprint density at radius 3 is 2.15 bits per heavy atom. The third kappa shape index (κ3) is 5.49. The molecule has 0 aromatic heterocycles. The second kappa shape index (κ2) is 9.46. The zero-order chi connectivity index (χ0) is 13.0. The maximum absolute atomic E-state index is 9.41. The van der Waals surface area contributed by atoms with E-state index in [1.807, 2.05) is 0 Å². The summed E-state index contributed by atoms with van der Waals surface area (Å²) in [5.41, 5.74) is 1.32. The number of benzene rings is 1. The van der Waals surface area contributed by atoms with Gasteiger partial charge in [-0.1, -0.05) is 26.0 Å². The van der Waals surface area contributed by atoms with Crippen molar-refractivity contribution in [1.29, 1.82) is 0 Å². The highest BCUT2D eigenvalue weighted by Crippen LogP contribution is 2.29. The van der Waals surface area contributed by atoms with Crippen LogP contribution in [0.1, 0.15) is 31.9 Å². The number of aromatic hydroxyl groups is 1. The molecule has 0 spiro atoms. The molecule has 1 heterocycles. The molecule has 0 saturated carbocycles. The molecule has 3 nitrogen and oxygen atoms in total. The molecule has 1 aromatic rings. The number of halogens is 2. The maximum atomic E-state index is 9.41. The molecule has 2 N–H and O–H groups in total. The molecule has 1 aliphatic heterocycles. The van der Waals surface area contributed by atoms with Crippen LogP contribution in [-0.2, 0) is 0 Å². The summed E-state index contributed by atoms with van der Waals surface area (Å²) in [5.74, 6) is 1.03. The Kier molecular flexibility index (Phi) is 9.23. The van der Waals surface area contributed by atoms with Gasteiger partial charge in [0.15, 0.2) is 0 Å². The number of nitrogens with zero attached hydrogens (tertiary/aromatic N) is 1. The van der Waals surface area contributed by atoms with Crippen molar-refractivity contribution < 1.29 is 5.11 Å². The predicted molar refractivity (Wildman–Crippen MR) is 89.2 cm³/mol. The van der Waals surface area contributed by atoms with Crippen molar-refractivity contribution in [2.75, 3.05) is 26.2 Å². The van der Waals surface area contributed by atoms with E-state index in [9.17, 15) is 5.11 Å². The molecular formula is C15H26Cl2N2O. The third-order valence-corrected chi connectivity index (χ3v) is 3.56. The van der Waals surface area contributed by atoms with Crippen LogP contribution in [0.15, 0.2) is 24.3 Å². The Bertz CT molecular complexity index is 365. The molecule has 0 unspecified atom stereocenters. The minimum Gasteiger partial charge on any atom is -0.508 e. The van der Waals surface area contributed by atoms with E-state index in [1.54, 1.807) is 12.1 Å². The van der Waals surface area contributed by atoms with E-state index in [-0.39, 0.29) is 24.8 Å². The molecule has 0 radical (unpaired) electrons. The highest BCUT2D eigenvalue weighted by Gasteiger charge is 2.22. The normalized spacial score (nSPS) is 17.1. The predicted octanol–water partition coefficient (Wildman–Crippen LogP) is 3.23. The van der Waals surface area contributed by atoms with E-state index in [2.05, 4.69) is 36.2 Å². The van der Waals surface area contributed by atoms with Crippen molar-refractivity contribution in [3.05, 3.63) is 29.8 Å². The van der Waals surface area contributed by atoms with Crippen molar-refractivity contribution in [1.82, 2.24) is 10.2 Å². The first-order valence-corrected chi connectivity index (χ1v) is 6.90. The summed E-state index contributed by atoms with van der Waals surface area (Å²) in [6.07, 6.45) is 1.17. The van der Waals surface area contributed by atoms with Gasteiger partial charge in [0.05, 0.1) is 0 Å². The largest absolute Gasteiger partial charge is 0.508 e. The molecule has 0 amide bonds. The highest BCUT2D eigenvalue weighted by molar-refractivity contribution is 5.85. The van der Waals surface area contributed by atoms with Gasteiger partial charge in [0.2, 0.25) is 0 Å². The van der Waals surface area contributed by atoms with Gasteiger partial charge in [-0.05, 0) is 30.0 Å². The van der Waals surface area contributed by atoms with E-state index in [0.29, 0.717) is 17.7 Å². The smallest absolute Gasteiger partial charge is 0.115 e. The van der Waals surface area contributed by atoms with Crippen molar-refractivity contribution >= 4 is 24.8 Å². The van der Waals surface area contributed by atoms with Crippen molar-refractivity contribution in [3.63, 3.8) is 0 Å². The molecule has 1 aliphatic rings. The fourth-order valence-electron chi connectivity index (χ4n) is 2.63. The fourth-order valence-corrected chi connectivity index (χ4v) is 2.63. The summed E-state index contributed by atoms with van der Waals surface area (Å²) in [5, 5.41) is 12.8. The summed E-state index contributed by atoms with van der Waals surface area (Å²) in [7, 11) is 0. The van der Waals surface area contributed by atoms with Crippen LogP contribution in [0.5, 0.6) is 5.75 Å². The van der Waals surface area contributed by atoms with Crippen LogP contribution < -0.4 is 5.32 Å². The molecule has 0 aliphatic carbocycles. The average Bonchev–Trinajstić information content (AvgIpc) is 2.38. The van der Waals surface area contributed by atoms with Gasteiger partial charge >= 0.3 is 0 Å². The van der Waals surface area contributed by atoms with E-state index >= 15 is 0 Å². The topological polar surface area (TPSA) is 35.5 Å². The highest BCUT2D eigenvalue weighted by atomic mass is 35.5. The number of phenols is 1. The van der Waals surface area contributed by atoms with Crippen LogP contribution in [0.2, 0.25) is 0 Å². The van der Waals surface area contributed by atoms with Gasteiger partial charge in [-0.15, -0.1) is 24.8 Å². The Morgan fingerprint density at radius 1 is 1.10 bits per heavy atom. The second-order valence-electron chi connectivity index (χ2n) is 5.52. The number of phenolic OH excluding ortho intramolecular Hbond substituents is 1. The van der Waals surface area contributed by atoms with E-state index in [0.717, 1.165) is 26.2 Å². The second-order valence-corrected chi connectivity index (χ2v) is 5.52. The number of nitrogens with one attached hydrogen (secondary N) is 1. The van der Waals surface area contributed by atoms with Gasteiger partial charge in [-0.2, -0.15) is 0 Å². The summed E-state index contributed by atoms with van der Waals surface area (Å²) in [4.78, 5) is 2.56. The van der Waals surface area contributed by atoms with E-state index < -0.39 is 0 Å². The molecule has 5 heteroatoms. The quantitative estimate of drug-likeness (QED) is 0.894. The SMILES string of the molecule is CC(C)C[C@H](c1ccc(O)cc1)N1CCNCC1.Cl.Cl. The van der Waals surface area contributed by atoms with Crippen LogP contribution in [0.3, 0.4) is 0 Å². The molecule has 1 saturated heterocycles. The van der Waals surface area contributed by atoms with Crippen LogP contribution in [0, 0.1) is 5.92 Å². The average molecular weight is 321 g/mol. The Hall–Kier alpha value is -0.480. The summed E-state index contributed by atoms with van der Waals surface area (Å²) in [6, 6.07) is 8.19. The molecule has 1 fully saturated rings. The van der Waals surface area contributed by atoms with Crippen LogP contribution in [-0.4, -0.2) is 36.2 Å². The maximum Gasteiger partial charge on any atom is 0.115 e. The molecule has 2 rings (SSSR count). The van der Waals surface area contributed by atoms with Gasteiger partial charge in [0, 0.05) is 32.2 Å². The lowest BCUT2D eigenvalue weighted by Crippen LogP contribution is -2.45. The first-order chi connectivity index (χ1) is 8.66. The van der Waals surface area contributed by atoms with Crippen LogP contribution in [0.4, 0.5) is 0 Å². The van der Waals surface area contributed by atoms with Gasteiger partial charge in [0.1, 0.15) is 5.75 Å². The van der Waals surface area contributed by atoms with E-state index in [4.69, 9.17) is 0 Å².